The van der Waals surface area contributed by atoms with E-state index in [9.17, 15) is 4.79 Å². The Morgan fingerprint density at radius 1 is 1.22 bits per heavy atom. The molecule has 0 spiro atoms. The molecule has 4 nitrogen and oxygen atoms in total. The lowest BCUT2D eigenvalue weighted by atomic mass is 9.47. The van der Waals surface area contributed by atoms with Crippen molar-refractivity contribution in [3.63, 3.8) is 0 Å². The summed E-state index contributed by atoms with van der Waals surface area (Å²) in [5, 5.41) is 5.88. The summed E-state index contributed by atoms with van der Waals surface area (Å²) < 4.78 is 0. The van der Waals surface area contributed by atoms with Gasteiger partial charge in [0, 0.05) is 24.2 Å². The molecule has 8 unspecified atom stereocenters. The molecule has 1 heterocycles. The maximum absolute atomic E-state index is 9.22. The zero-order valence-electron chi connectivity index (χ0n) is 23.7. The Bertz CT molecular complexity index is 827. The van der Waals surface area contributed by atoms with Crippen LogP contribution in [0.5, 0.6) is 0 Å². The minimum absolute atomic E-state index is 0.517. The highest BCUT2D eigenvalue weighted by molar-refractivity contribution is 5.85. The van der Waals surface area contributed by atoms with E-state index in [1.165, 1.54) is 95.5 Å². The molecule has 0 bridgehead atoms. The first-order valence-electron chi connectivity index (χ1n) is 15.1. The fraction of sp³-hybridized carbons (Fsp3) is 0.812. The minimum Gasteiger partial charge on any atom is -0.336 e. The third kappa shape index (κ3) is 5.54. The van der Waals surface area contributed by atoms with E-state index in [-0.39, 0.29) is 0 Å². The summed E-state index contributed by atoms with van der Waals surface area (Å²) in [5.41, 5.74) is 4.40. The molecule has 1 aliphatic heterocycles. The zero-order valence-corrected chi connectivity index (χ0v) is 23.7. The van der Waals surface area contributed by atoms with E-state index in [0.717, 1.165) is 42.2 Å². The molecule has 8 atom stereocenters. The third-order valence-electron chi connectivity index (χ3n) is 11.2. The first-order valence-corrected chi connectivity index (χ1v) is 15.1. The Morgan fingerprint density at radius 2 is 2.06 bits per heavy atom. The molecule has 36 heavy (non-hydrogen) atoms. The van der Waals surface area contributed by atoms with E-state index in [1.807, 2.05) is 5.57 Å². The molecular formula is C32H53N3O. The van der Waals surface area contributed by atoms with E-state index < -0.39 is 0 Å². The molecule has 1 amide bonds. The van der Waals surface area contributed by atoms with Gasteiger partial charge in [-0.15, -0.1) is 0 Å². The lowest BCUT2D eigenvalue weighted by molar-refractivity contribution is -0.108. The number of hydrogen-bond acceptors (Lipinski definition) is 3. The van der Waals surface area contributed by atoms with Gasteiger partial charge in [0.1, 0.15) is 0 Å². The number of allylic oxidation sites excluding steroid dienone is 2. The first-order chi connectivity index (χ1) is 17.3. The van der Waals surface area contributed by atoms with Gasteiger partial charge in [-0.05, 0) is 131 Å². The van der Waals surface area contributed by atoms with Crippen molar-refractivity contribution in [2.45, 2.75) is 111 Å². The smallest absolute Gasteiger partial charge is 0.211 e. The van der Waals surface area contributed by atoms with Gasteiger partial charge in [0.25, 0.3) is 0 Å². The number of carbonyl (C=O) groups excluding carboxylic acids is 1. The highest BCUT2D eigenvalue weighted by Gasteiger charge is 2.58. The van der Waals surface area contributed by atoms with Crippen LogP contribution < -0.4 is 10.6 Å². The van der Waals surface area contributed by atoms with Crippen LogP contribution in [0.25, 0.3) is 0 Å². The molecule has 0 aromatic carbocycles. The van der Waals surface area contributed by atoms with Gasteiger partial charge in [-0.3, -0.25) is 9.79 Å². The molecule has 4 fully saturated rings. The highest BCUT2D eigenvalue weighted by Crippen LogP contribution is 2.66. The molecule has 0 radical (unpaired) electrons. The van der Waals surface area contributed by atoms with E-state index in [4.69, 9.17) is 4.99 Å². The van der Waals surface area contributed by atoms with Crippen LogP contribution in [0.15, 0.2) is 29.4 Å². The molecule has 0 aromatic rings. The largest absolute Gasteiger partial charge is 0.336 e. The Morgan fingerprint density at radius 3 is 2.75 bits per heavy atom. The summed E-state index contributed by atoms with van der Waals surface area (Å²) in [6, 6.07) is 0.751. The first kappa shape index (κ1) is 27.6. The monoisotopic (exact) mass is 495 g/mol. The molecule has 3 saturated carbocycles. The van der Waals surface area contributed by atoms with Gasteiger partial charge in [0.05, 0.1) is 0 Å². The number of amides is 1. The van der Waals surface area contributed by atoms with E-state index in [1.54, 1.807) is 0 Å². The average Bonchev–Trinajstić information content (AvgIpc) is 3.44. The Kier molecular flexibility index (Phi) is 9.18. The number of aliphatic imine (C=N–C) groups is 1. The molecule has 1 saturated heterocycles. The highest BCUT2D eigenvalue weighted by atomic mass is 16.1. The summed E-state index contributed by atoms with van der Waals surface area (Å²) in [5.74, 6) is 4.50. The van der Waals surface area contributed by atoms with Crippen LogP contribution in [0.1, 0.15) is 105 Å². The SMILES string of the molecule is C=CNC=O.CC(=NCCCC1CC(C)CN1)C1CCC2C3CCC4=CCCCC4(C)C3CCC12C. The molecule has 4 aliphatic carbocycles. The fourth-order valence-electron chi connectivity index (χ4n) is 9.43. The summed E-state index contributed by atoms with van der Waals surface area (Å²) >= 11 is 0. The number of carbonyl (C=O) groups is 1. The fourth-order valence-corrected chi connectivity index (χ4v) is 9.43. The lowest BCUT2D eigenvalue weighted by Gasteiger charge is -2.58. The average molecular weight is 496 g/mol. The lowest BCUT2D eigenvalue weighted by Crippen LogP contribution is -2.50. The van der Waals surface area contributed by atoms with Gasteiger partial charge < -0.3 is 10.6 Å². The summed E-state index contributed by atoms with van der Waals surface area (Å²) in [6.45, 7) is 15.5. The number of rotatable bonds is 7. The summed E-state index contributed by atoms with van der Waals surface area (Å²) in [6.07, 6.45) is 21.3. The summed E-state index contributed by atoms with van der Waals surface area (Å²) in [4.78, 5) is 14.4. The second-order valence-electron chi connectivity index (χ2n) is 13.2. The van der Waals surface area contributed by atoms with Crippen LogP contribution in [0, 0.1) is 40.4 Å². The van der Waals surface area contributed by atoms with Gasteiger partial charge in [-0.1, -0.05) is 39.0 Å². The second-order valence-corrected chi connectivity index (χ2v) is 13.2. The molecule has 202 valence electrons. The van der Waals surface area contributed by atoms with Gasteiger partial charge in [-0.25, -0.2) is 0 Å². The van der Waals surface area contributed by atoms with Crippen LogP contribution >= 0.6 is 0 Å². The van der Waals surface area contributed by atoms with Gasteiger partial charge in [0.15, 0.2) is 0 Å². The molecule has 5 rings (SSSR count). The van der Waals surface area contributed by atoms with Crippen LogP contribution in [0.3, 0.4) is 0 Å². The van der Waals surface area contributed by atoms with Crippen molar-refractivity contribution < 1.29 is 4.79 Å². The van der Waals surface area contributed by atoms with Crippen molar-refractivity contribution in [2.75, 3.05) is 13.1 Å². The summed E-state index contributed by atoms with van der Waals surface area (Å²) in [7, 11) is 0. The van der Waals surface area contributed by atoms with Crippen molar-refractivity contribution >= 4 is 12.1 Å². The van der Waals surface area contributed by atoms with Crippen LogP contribution in [0.2, 0.25) is 0 Å². The molecular weight excluding hydrogens is 442 g/mol. The second kappa shape index (κ2) is 12.0. The maximum atomic E-state index is 9.22. The topological polar surface area (TPSA) is 53.5 Å². The van der Waals surface area contributed by atoms with E-state index in [2.05, 4.69) is 51.0 Å². The van der Waals surface area contributed by atoms with Crippen molar-refractivity contribution in [3.05, 3.63) is 24.4 Å². The van der Waals surface area contributed by atoms with Crippen molar-refractivity contribution in [1.82, 2.24) is 10.6 Å². The van der Waals surface area contributed by atoms with Crippen LogP contribution in [0.4, 0.5) is 0 Å². The zero-order chi connectivity index (χ0) is 25.8. The van der Waals surface area contributed by atoms with Gasteiger partial charge in [0.2, 0.25) is 6.41 Å². The Labute approximate surface area is 221 Å². The van der Waals surface area contributed by atoms with Crippen LogP contribution in [-0.2, 0) is 4.79 Å². The molecule has 2 N–H and O–H groups in total. The number of fused-ring (bicyclic) bond motifs is 5. The number of nitrogens with zero attached hydrogens (tertiary/aromatic N) is 1. The number of nitrogens with one attached hydrogen (secondary N) is 2. The quantitative estimate of drug-likeness (QED) is 0.172. The van der Waals surface area contributed by atoms with E-state index >= 15 is 0 Å². The van der Waals surface area contributed by atoms with E-state index in [0.29, 0.717) is 17.2 Å². The Hall–Kier alpha value is -1.42. The third-order valence-corrected chi connectivity index (χ3v) is 11.2. The van der Waals surface area contributed by atoms with Gasteiger partial charge in [-0.2, -0.15) is 0 Å². The predicted octanol–water partition coefficient (Wildman–Crippen LogP) is 7.07. The van der Waals surface area contributed by atoms with Crippen molar-refractivity contribution in [1.29, 1.82) is 0 Å². The normalized spacial score (nSPS) is 41.7. The van der Waals surface area contributed by atoms with Crippen molar-refractivity contribution in [3.8, 4) is 0 Å². The molecule has 4 heteroatoms. The Balaban J connectivity index is 0.000000556. The molecule has 5 aliphatic rings. The predicted molar refractivity (Wildman–Crippen MR) is 152 cm³/mol. The van der Waals surface area contributed by atoms with Crippen molar-refractivity contribution in [2.24, 2.45) is 45.4 Å². The number of hydrogen-bond donors (Lipinski definition) is 2. The van der Waals surface area contributed by atoms with Crippen LogP contribution in [-0.4, -0.2) is 31.3 Å². The molecule has 0 aromatic heterocycles. The standard InChI is InChI=1S/C29H48N2.C3H5NO/c1-20-18-23(31-19-20)9-7-17-30-21(2)25-12-13-26-24-11-10-22-8-5-6-15-28(22,3)27(24)14-16-29(25,26)4;1-2-4-3-5/h8,20,23-27,31H,5-7,9-19H2,1-4H3;2-3H,1H2,(H,4,5). The maximum Gasteiger partial charge on any atom is 0.211 e. The van der Waals surface area contributed by atoms with Gasteiger partial charge >= 0.3 is 0 Å². The minimum atomic E-state index is 0.517.